The summed E-state index contributed by atoms with van der Waals surface area (Å²) in [4.78, 5) is 113. The van der Waals surface area contributed by atoms with Crippen LogP contribution in [0.25, 0.3) is 0 Å². The number of Topliss-reactive ketones (excluding diaryl/α,β-unsaturated/α-hetero) is 5. The van der Waals surface area contributed by atoms with Crippen LogP contribution in [0.2, 0.25) is 46.9 Å². The molecular weight excluding hydrogens is 1210 g/mol. The number of hydrogen-bond donors (Lipinski definition) is 0. The molecule has 0 aliphatic rings. The number of carbonyl (C=O) groups excluding carboxylic acids is 11. The number of rotatable bonds is 13. The van der Waals surface area contributed by atoms with Gasteiger partial charge in [0.05, 0.1) is 26.7 Å². The first-order valence-electron chi connectivity index (χ1n) is 22.6. The van der Waals surface area contributed by atoms with E-state index in [-0.39, 0.29) is 30.7 Å². The first-order chi connectivity index (χ1) is 35.0. The predicted molar refractivity (Wildman–Crippen MR) is 328 cm³/mol. The summed E-state index contributed by atoms with van der Waals surface area (Å²) in [5.74, 6) is -5.37. The maximum atomic E-state index is 10.8. The minimum Gasteiger partial charge on any atom is -0.537 e. The van der Waals surface area contributed by atoms with Gasteiger partial charge in [0, 0.05) is 104 Å². The molecule has 0 radical (unpaired) electrons. The topological polar surface area (TPSA) is 372 Å². The molecule has 476 valence electrons. The second kappa shape index (κ2) is 53.8. The Hall–Kier alpha value is -3.15. The lowest BCUT2D eigenvalue weighted by Gasteiger charge is -2.15. The summed E-state index contributed by atoms with van der Waals surface area (Å²) < 4.78 is 101. The van der Waals surface area contributed by atoms with Gasteiger partial charge in [0.1, 0.15) is 13.6 Å². The number of esters is 1. The van der Waals surface area contributed by atoms with Crippen molar-refractivity contribution in [1.82, 2.24) is 13.9 Å². The molecule has 0 aliphatic heterocycles. The predicted octanol–water partition coefficient (Wildman–Crippen LogP) is 5.24. The normalized spacial score (nSPS) is 10.1. The maximum Gasteiger partial charge on any atom is 0.374 e. The molecule has 0 atom stereocenters. The third kappa shape index (κ3) is 118. The van der Waals surface area contributed by atoms with Crippen molar-refractivity contribution in [3.05, 3.63) is 0 Å². The highest BCUT2D eigenvalue weighted by atomic mass is 32.7. The molecule has 0 aromatic carbocycles. The minimum atomic E-state index is -3.16. The van der Waals surface area contributed by atoms with Crippen molar-refractivity contribution >= 4 is 150 Å². The van der Waals surface area contributed by atoms with Crippen molar-refractivity contribution in [3.8, 4) is 0 Å². The van der Waals surface area contributed by atoms with E-state index < -0.39 is 96.4 Å². The van der Waals surface area contributed by atoms with E-state index in [9.17, 15) is 83.3 Å². The lowest BCUT2D eigenvalue weighted by Crippen LogP contribution is -2.31. The fraction of sp³-hybridized carbons (Fsp3) is 0.744. The van der Waals surface area contributed by atoms with E-state index in [1.807, 2.05) is 53.6 Å². The van der Waals surface area contributed by atoms with Gasteiger partial charge in [-0.15, -0.1) is 11.4 Å². The van der Waals surface area contributed by atoms with Crippen LogP contribution >= 0.6 is 44.1 Å². The minimum absolute atomic E-state index is 0.0255. The standard InChI is InChI=1S/C6H12O3Si.C5H9BO3.C5H9NO2.C4H9BO2.C4H12NOP.C4H6O3.C4H6O2S.C3H9NO2S.C3H9O2P.C3H9OPS.C2H6O3S/c1-5(7)6(8)9-10(2,3)4;1-4(7)5(8)9-6(2)3;1-4(7)5(8)6(2)3;1-4(6)7-5(2)3;1-5(2)7(3,4)6;2*1-3(5)4(6)7-2;1-4(2)7(3,5)6;1-5-6(2,3)4;1-5(2,4)6-3;1-5-6(2,3)4/h1-4H3;1-3H3;1-3H3;1-3H3;1-4H3;2*1-2H3;1-3H3;2*1-3H3;1-2H3. The van der Waals surface area contributed by atoms with E-state index in [2.05, 4.69) is 22.8 Å². The van der Waals surface area contributed by atoms with Crippen molar-refractivity contribution in [2.75, 3.05) is 129 Å². The Morgan fingerprint density at radius 3 is 0.838 bits per heavy atom. The smallest absolute Gasteiger partial charge is 0.374 e. The summed E-state index contributed by atoms with van der Waals surface area (Å²) in [5.41, 5.74) is 0. The van der Waals surface area contributed by atoms with Gasteiger partial charge in [0.15, 0.2) is 7.37 Å². The first-order valence-corrected chi connectivity index (χ1v) is 40.4. The van der Waals surface area contributed by atoms with Crippen molar-refractivity contribution in [3.63, 3.8) is 0 Å². The van der Waals surface area contributed by atoms with Gasteiger partial charge in [-0.1, -0.05) is 11.8 Å². The number of methoxy groups -OCH3 is 1. The number of thioether (sulfide) groups is 1. The van der Waals surface area contributed by atoms with Crippen LogP contribution < -0.4 is 0 Å². The SMILES string of the molecule is CB(C)OC(=O)C(C)=O.CB(C)OC(C)=O.CC(=O)C(=O)N(C)C.CC(=O)C(=O)O[Si](C)(C)C.CN(C)P(C)(C)=O.CN(C)S(C)(=O)=O.COC(=O)C(C)=O.COP(C)(C)=O.COS(C)(=O)=O.CSC(=O)C(C)=O.CSP(C)(C)=O. The number of carbonyl (C=O) groups is 11. The highest BCUT2D eigenvalue weighted by molar-refractivity contribution is 8.57. The fourth-order valence-corrected chi connectivity index (χ4v) is 2.57. The van der Waals surface area contributed by atoms with Gasteiger partial charge < -0.3 is 37.0 Å². The second-order valence-electron chi connectivity index (χ2n) is 18.0. The van der Waals surface area contributed by atoms with E-state index in [0.29, 0.717) is 0 Å². The molecule has 37 heteroatoms. The van der Waals surface area contributed by atoms with Crippen LogP contribution in [0, 0.1) is 0 Å². The van der Waals surface area contributed by atoms with E-state index in [0.717, 1.165) is 42.6 Å². The summed E-state index contributed by atoms with van der Waals surface area (Å²) in [5, 5.41) is -0.375. The summed E-state index contributed by atoms with van der Waals surface area (Å²) >= 11 is 2.38. The second-order valence-corrected chi connectivity index (χ2v) is 40.0. The molecule has 0 saturated carbocycles. The largest absolute Gasteiger partial charge is 0.537 e. The molecule has 0 spiro atoms. The molecule has 0 aromatic rings. The number of nitrogens with zero attached hydrogens (tertiary/aromatic N) is 3. The molecule has 0 bridgehead atoms. The Kier molecular flexibility index (Phi) is 68.6. The molecule has 0 fully saturated rings. The number of ketones is 5. The van der Waals surface area contributed by atoms with Gasteiger partial charge in [-0.3, -0.25) is 51.8 Å². The molecule has 0 rings (SSSR count). The van der Waals surface area contributed by atoms with Crippen molar-refractivity contribution in [2.24, 2.45) is 0 Å². The number of amides is 1. The van der Waals surface area contributed by atoms with Crippen LogP contribution in [-0.4, -0.2) is 245 Å². The van der Waals surface area contributed by atoms with E-state index >= 15 is 0 Å². The zero-order valence-corrected chi connectivity index (χ0v) is 60.2. The third-order valence-electron chi connectivity index (χ3n) is 6.18. The fourth-order valence-electron chi connectivity index (χ4n) is 1.58. The number of hydrogen-bond acceptors (Lipinski definition) is 26. The molecule has 0 N–H and O–H groups in total. The van der Waals surface area contributed by atoms with Crippen LogP contribution in [0.3, 0.4) is 0 Å². The van der Waals surface area contributed by atoms with Gasteiger partial charge in [0.2, 0.25) is 47.3 Å². The number of sulfonamides is 1. The average Bonchev–Trinajstić information content (AvgIpc) is 3.24. The van der Waals surface area contributed by atoms with Crippen LogP contribution in [0.5, 0.6) is 0 Å². The zero-order valence-electron chi connectivity index (χ0n) is 53.3. The van der Waals surface area contributed by atoms with Crippen LogP contribution in [0.15, 0.2) is 0 Å². The third-order valence-corrected chi connectivity index (χ3v) is 15.9. The van der Waals surface area contributed by atoms with E-state index in [1.165, 1.54) is 79.2 Å². The van der Waals surface area contributed by atoms with E-state index in [1.54, 1.807) is 78.7 Å². The molecule has 27 nitrogen and oxygen atoms in total. The van der Waals surface area contributed by atoms with Gasteiger partial charge >= 0.3 is 31.7 Å². The molecular formula is C43H96B2N3O24P3S4Si. The molecule has 0 aromatic heterocycles. The average molecular weight is 1310 g/mol. The summed E-state index contributed by atoms with van der Waals surface area (Å²) in [6.07, 6.45) is 3.87. The van der Waals surface area contributed by atoms with Crippen molar-refractivity contribution in [1.29, 1.82) is 0 Å². The monoisotopic (exact) mass is 1310 g/mol. The quantitative estimate of drug-likeness (QED) is 0.0747. The van der Waals surface area contributed by atoms with Crippen LogP contribution in [-0.2, 0) is 114 Å². The highest BCUT2D eigenvalue weighted by Gasteiger charge is 2.22. The maximum absolute atomic E-state index is 10.8. The highest BCUT2D eigenvalue weighted by Crippen LogP contribution is 2.48. The Bertz CT molecular complexity index is 2200. The zero-order chi connectivity index (χ0) is 67.9. The molecule has 0 unspecified atom stereocenters. The van der Waals surface area contributed by atoms with Crippen molar-refractivity contribution < 1.29 is 110 Å². The Morgan fingerprint density at radius 1 is 0.537 bits per heavy atom. The summed E-state index contributed by atoms with van der Waals surface area (Å²) in [6, 6.07) is 0. The van der Waals surface area contributed by atoms with Crippen LogP contribution in [0.1, 0.15) is 41.5 Å². The summed E-state index contributed by atoms with van der Waals surface area (Å²) in [6.45, 7) is 30.1. The molecule has 1 amide bonds. The molecule has 0 aliphatic carbocycles. The van der Waals surface area contributed by atoms with Gasteiger partial charge in [-0.25, -0.2) is 27.1 Å². The Morgan fingerprint density at radius 2 is 0.812 bits per heavy atom. The first kappa shape index (κ1) is 102. The lowest BCUT2D eigenvalue weighted by atomic mass is 9.75. The molecule has 0 saturated heterocycles. The number of likely N-dealkylation sites (N-methyl/N-ethyl adjacent to an activating group) is 1. The Balaban J connectivity index is -0.0000000730. The van der Waals surface area contributed by atoms with Crippen LogP contribution in [0.4, 0.5) is 0 Å². The van der Waals surface area contributed by atoms with E-state index in [4.69, 9.17) is 4.43 Å². The van der Waals surface area contributed by atoms with Gasteiger partial charge in [0.25, 0.3) is 27.1 Å². The molecule has 80 heavy (non-hydrogen) atoms. The van der Waals surface area contributed by atoms with Gasteiger partial charge in [-0.2, -0.15) is 8.42 Å². The lowest BCUT2D eigenvalue weighted by molar-refractivity contribution is -0.150. The molecule has 0 heterocycles. The summed E-state index contributed by atoms with van der Waals surface area (Å²) in [7, 11) is 1.48. The Labute approximate surface area is 489 Å². The van der Waals surface area contributed by atoms with Gasteiger partial charge in [-0.05, 0) is 86.9 Å². The van der Waals surface area contributed by atoms with Crippen molar-refractivity contribution in [2.45, 2.75) is 88.5 Å². The number of ether oxygens (including phenoxy) is 1.